The smallest absolute Gasteiger partial charge is 0.335 e. The number of hydrogen-bond acceptors (Lipinski definition) is 2. The molecule has 1 N–H and O–H groups in total. The van der Waals surface area contributed by atoms with Gasteiger partial charge in [0.15, 0.2) is 0 Å². The van der Waals surface area contributed by atoms with Crippen molar-refractivity contribution in [2.75, 3.05) is 0 Å². The predicted octanol–water partition coefficient (Wildman–Crippen LogP) is 2.36. The average Bonchev–Trinajstić information content (AvgIpc) is 2.55. The number of nitrogens with zero attached hydrogens (tertiary/aromatic N) is 2. The van der Waals surface area contributed by atoms with Crippen molar-refractivity contribution in [2.24, 2.45) is 0 Å². The van der Waals surface area contributed by atoms with Crippen molar-refractivity contribution >= 4 is 27.4 Å². The lowest BCUT2D eigenvalue weighted by Gasteiger charge is -1.99. The first-order valence-corrected chi connectivity index (χ1v) is 5.32. The Morgan fingerprint density at radius 2 is 2.40 bits per heavy atom. The number of aromatic carboxylic acids is 1. The Kier molecular flexibility index (Phi) is 2.48. The van der Waals surface area contributed by atoms with Crippen LogP contribution in [0.3, 0.4) is 0 Å². The highest BCUT2D eigenvalue weighted by Gasteiger charge is 2.10. The van der Waals surface area contributed by atoms with Gasteiger partial charge in [-0.25, -0.2) is 9.78 Å². The van der Waals surface area contributed by atoms with Gasteiger partial charge < -0.3 is 9.51 Å². The van der Waals surface area contributed by atoms with Gasteiger partial charge in [-0.2, -0.15) is 0 Å². The molecule has 0 saturated heterocycles. The zero-order chi connectivity index (χ0) is 11.0. The topological polar surface area (TPSA) is 54.6 Å². The minimum absolute atomic E-state index is 0.269. The van der Waals surface area contributed by atoms with E-state index >= 15 is 0 Å². The number of pyridine rings is 1. The van der Waals surface area contributed by atoms with Gasteiger partial charge in [-0.05, 0) is 28.1 Å². The van der Waals surface area contributed by atoms with Crippen LogP contribution in [-0.2, 0) is 6.42 Å². The van der Waals surface area contributed by atoms with Crippen LogP contribution >= 0.6 is 15.9 Å². The largest absolute Gasteiger partial charge is 0.478 e. The van der Waals surface area contributed by atoms with E-state index in [0.717, 1.165) is 17.8 Å². The molecule has 15 heavy (non-hydrogen) atoms. The fraction of sp³-hybridized carbons (Fsp3) is 0.200. The number of halogens is 1. The highest BCUT2D eigenvalue weighted by Crippen LogP contribution is 2.20. The van der Waals surface area contributed by atoms with Crippen LogP contribution in [0.15, 0.2) is 22.9 Å². The Morgan fingerprint density at radius 1 is 1.67 bits per heavy atom. The van der Waals surface area contributed by atoms with Crippen LogP contribution in [-0.4, -0.2) is 20.5 Å². The maximum atomic E-state index is 10.8. The second kappa shape index (κ2) is 3.66. The zero-order valence-corrected chi connectivity index (χ0v) is 9.65. The predicted molar refractivity (Wildman–Crippen MR) is 59.2 cm³/mol. The van der Waals surface area contributed by atoms with Gasteiger partial charge in [-0.1, -0.05) is 6.92 Å². The van der Waals surface area contributed by atoms with Crippen molar-refractivity contribution < 1.29 is 9.90 Å². The Balaban J connectivity index is 2.72. The van der Waals surface area contributed by atoms with E-state index < -0.39 is 5.97 Å². The number of imidazole rings is 1. The van der Waals surface area contributed by atoms with Crippen molar-refractivity contribution in [1.82, 2.24) is 9.38 Å². The molecule has 0 amide bonds. The molecule has 2 rings (SSSR count). The summed E-state index contributed by atoms with van der Waals surface area (Å²) >= 11 is 3.32. The van der Waals surface area contributed by atoms with Crippen molar-refractivity contribution in [3.63, 3.8) is 0 Å². The highest BCUT2D eigenvalue weighted by molar-refractivity contribution is 9.10. The minimum Gasteiger partial charge on any atom is -0.478 e. The number of fused-ring (bicyclic) bond motifs is 1. The van der Waals surface area contributed by atoms with Gasteiger partial charge in [-0.15, -0.1) is 0 Å². The average molecular weight is 269 g/mol. The first-order chi connectivity index (χ1) is 7.13. The Hall–Kier alpha value is -1.36. The minimum atomic E-state index is -0.927. The van der Waals surface area contributed by atoms with Crippen molar-refractivity contribution in [3.05, 3.63) is 34.3 Å². The molecule has 0 aromatic carbocycles. The standard InChI is InChI=1S/C10H9BrN2O2/c1-2-8-12-9(11)7-5-6(10(14)15)3-4-13(7)8/h3-5H,2H2,1H3,(H,14,15). The second-order valence-electron chi connectivity index (χ2n) is 3.15. The van der Waals surface area contributed by atoms with E-state index in [1.165, 1.54) is 0 Å². The fourth-order valence-electron chi connectivity index (χ4n) is 1.49. The molecule has 0 aliphatic carbocycles. The number of hydrogen-bond donors (Lipinski definition) is 1. The molecule has 0 aliphatic rings. The van der Waals surface area contributed by atoms with Crippen LogP contribution in [0.5, 0.6) is 0 Å². The molecule has 2 heterocycles. The molecule has 0 aliphatic heterocycles. The zero-order valence-electron chi connectivity index (χ0n) is 8.07. The monoisotopic (exact) mass is 268 g/mol. The summed E-state index contributed by atoms with van der Waals surface area (Å²) in [6, 6.07) is 3.18. The number of carboxylic acid groups (broad SMARTS) is 1. The molecule has 78 valence electrons. The third-order valence-corrected chi connectivity index (χ3v) is 2.82. The van der Waals surface area contributed by atoms with E-state index in [4.69, 9.17) is 5.11 Å². The molecule has 0 radical (unpaired) electrons. The first kappa shape index (κ1) is 10.2. The normalized spacial score (nSPS) is 10.8. The van der Waals surface area contributed by atoms with Crippen LogP contribution in [0.2, 0.25) is 0 Å². The van der Waals surface area contributed by atoms with Gasteiger partial charge >= 0.3 is 5.97 Å². The summed E-state index contributed by atoms with van der Waals surface area (Å²) in [7, 11) is 0. The fourth-order valence-corrected chi connectivity index (χ4v) is 2.00. The van der Waals surface area contributed by atoms with E-state index in [1.54, 1.807) is 18.3 Å². The third kappa shape index (κ3) is 1.63. The van der Waals surface area contributed by atoms with Gasteiger partial charge in [0.05, 0.1) is 11.1 Å². The molecule has 4 nitrogen and oxygen atoms in total. The summed E-state index contributed by atoms with van der Waals surface area (Å²) < 4.78 is 2.57. The summed E-state index contributed by atoms with van der Waals surface area (Å²) in [5, 5.41) is 8.85. The number of aromatic nitrogens is 2. The lowest BCUT2D eigenvalue weighted by atomic mass is 10.2. The van der Waals surface area contributed by atoms with Gasteiger partial charge in [0.2, 0.25) is 0 Å². The van der Waals surface area contributed by atoms with Gasteiger partial charge in [0, 0.05) is 12.6 Å². The Morgan fingerprint density at radius 3 is 3.00 bits per heavy atom. The van der Waals surface area contributed by atoms with Crippen LogP contribution in [0.1, 0.15) is 23.1 Å². The van der Waals surface area contributed by atoms with Crippen LogP contribution < -0.4 is 0 Å². The van der Waals surface area contributed by atoms with E-state index in [-0.39, 0.29) is 5.56 Å². The van der Waals surface area contributed by atoms with Crippen LogP contribution in [0, 0.1) is 0 Å². The lowest BCUT2D eigenvalue weighted by Crippen LogP contribution is -1.98. The SMILES string of the molecule is CCc1nc(Br)c2cc(C(=O)O)ccn12. The van der Waals surface area contributed by atoms with Gasteiger partial charge in [0.1, 0.15) is 10.4 Å². The highest BCUT2D eigenvalue weighted by atomic mass is 79.9. The summed E-state index contributed by atoms with van der Waals surface area (Å²) in [5.41, 5.74) is 1.05. The van der Waals surface area contributed by atoms with E-state index in [2.05, 4.69) is 20.9 Å². The maximum absolute atomic E-state index is 10.8. The number of carboxylic acids is 1. The molecular weight excluding hydrogens is 260 g/mol. The lowest BCUT2D eigenvalue weighted by molar-refractivity contribution is 0.0697. The van der Waals surface area contributed by atoms with E-state index in [9.17, 15) is 4.79 Å². The Labute approximate surface area is 94.7 Å². The maximum Gasteiger partial charge on any atom is 0.335 e. The molecule has 0 fully saturated rings. The molecule has 2 aromatic rings. The van der Waals surface area contributed by atoms with Crippen molar-refractivity contribution in [3.8, 4) is 0 Å². The summed E-state index contributed by atoms with van der Waals surface area (Å²) in [4.78, 5) is 15.1. The molecule has 0 unspecified atom stereocenters. The van der Waals surface area contributed by atoms with E-state index in [1.807, 2.05) is 11.3 Å². The molecule has 0 saturated carbocycles. The van der Waals surface area contributed by atoms with Gasteiger partial charge in [0.25, 0.3) is 0 Å². The molecule has 0 atom stereocenters. The van der Waals surface area contributed by atoms with E-state index in [0.29, 0.717) is 4.60 Å². The van der Waals surface area contributed by atoms with Crippen molar-refractivity contribution in [1.29, 1.82) is 0 Å². The number of aryl methyl sites for hydroxylation is 1. The van der Waals surface area contributed by atoms with Gasteiger partial charge in [-0.3, -0.25) is 0 Å². The first-order valence-electron chi connectivity index (χ1n) is 4.53. The molecule has 5 heteroatoms. The van der Waals surface area contributed by atoms with Crippen LogP contribution in [0.25, 0.3) is 5.52 Å². The Bertz CT molecular complexity index is 533. The van der Waals surface area contributed by atoms with Crippen LogP contribution in [0.4, 0.5) is 0 Å². The quantitative estimate of drug-likeness (QED) is 0.910. The third-order valence-electron chi connectivity index (χ3n) is 2.23. The summed E-state index contributed by atoms with van der Waals surface area (Å²) in [5.74, 6) is -0.0162. The molecular formula is C10H9BrN2O2. The summed E-state index contributed by atoms with van der Waals surface area (Å²) in [6.45, 7) is 2.01. The second-order valence-corrected chi connectivity index (χ2v) is 3.90. The summed E-state index contributed by atoms with van der Waals surface area (Å²) in [6.07, 6.45) is 2.54. The molecule has 0 spiro atoms. The number of rotatable bonds is 2. The molecule has 0 bridgehead atoms. The van der Waals surface area contributed by atoms with Crippen molar-refractivity contribution in [2.45, 2.75) is 13.3 Å². The molecule has 2 aromatic heterocycles. The number of carbonyl (C=O) groups is 1.